The Morgan fingerprint density at radius 3 is 1.52 bits per heavy atom. The minimum Gasteiger partial charge on any atom is -0.465 e. The quantitative estimate of drug-likeness (QED) is 0.479. The summed E-state index contributed by atoms with van der Waals surface area (Å²) in [4.78, 5) is 12.4. The zero-order valence-corrected chi connectivity index (χ0v) is 18.3. The third-order valence-corrected chi connectivity index (χ3v) is 8.67. The van der Waals surface area contributed by atoms with Crippen molar-refractivity contribution in [1.82, 2.24) is 3.71 Å². The summed E-state index contributed by atoms with van der Waals surface area (Å²) in [6.07, 6.45) is 0. The molecule has 0 fully saturated rings. The highest BCUT2D eigenvalue weighted by Gasteiger charge is 2.46. The van der Waals surface area contributed by atoms with E-state index < -0.39 is 32.1 Å². The minimum absolute atomic E-state index is 0.0488. The van der Waals surface area contributed by atoms with Gasteiger partial charge in [0.15, 0.2) is 6.04 Å². The molecule has 1 unspecified atom stereocenters. The second-order valence-corrected chi connectivity index (χ2v) is 10.3. The van der Waals surface area contributed by atoms with Gasteiger partial charge in [0.05, 0.1) is 16.4 Å². The van der Waals surface area contributed by atoms with Gasteiger partial charge in [-0.2, -0.15) is 0 Å². The topological polar surface area (TPSA) is 97.8 Å². The van der Waals surface area contributed by atoms with Crippen LogP contribution in [-0.2, 0) is 29.6 Å². The summed E-state index contributed by atoms with van der Waals surface area (Å²) in [6.45, 7) is 1.51. The molecule has 0 amide bonds. The number of benzene rings is 3. The number of nitrogens with zero attached hydrogens (tertiary/aromatic N) is 1. The monoisotopic (exact) mass is 459 g/mol. The van der Waals surface area contributed by atoms with E-state index in [1.54, 1.807) is 37.3 Å². The molecule has 9 heteroatoms. The molecule has 162 valence electrons. The Hall–Kier alpha value is -3.01. The van der Waals surface area contributed by atoms with Crippen LogP contribution in [0.5, 0.6) is 0 Å². The summed E-state index contributed by atoms with van der Waals surface area (Å²) in [5.74, 6) is -0.993. The minimum atomic E-state index is -4.67. The Labute approximate surface area is 182 Å². The molecule has 3 aromatic rings. The lowest BCUT2D eigenvalue weighted by atomic mass is 10.1. The van der Waals surface area contributed by atoms with Gasteiger partial charge in [-0.3, -0.25) is 0 Å². The normalized spacial score (nSPS) is 13.0. The number of rotatable bonds is 8. The van der Waals surface area contributed by atoms with Gasteiger partial charge in [0.25, 0.3) is 20.0 Å². The highest BCUT2D eigenvalue weighted by molar-refractivity contribution is 8.04. The van der Waals surface area contributed by atoms with E-state index in [0.717, 1.165) is 0 Å². The first-order valence-electron chi connectivity index (χ1n) is 9.41. The summed E-state index contributed by atoms with van der Waals surface area (Å²) in [5.41, 5.74) is 0.167. The third-order valence-electron chi connectivity index (χ3n) is 4.39. The molecule has 0 heterocycles. The molecule has 7 nitrogen and oxygen atoms in total. The molecule has 0 aliphatic carbocycles. The van der Waals surface area contributed by atoms with Gasteiger partial charge in [-0.05, 0) is 36.8 Å². The van der Waals surface area contributed by atoms with Crippen molar-refractivity contribution in [1.29, 1.82) is 0 Å². The fourth-order valence-corrected chi connectivity index (χ4v) is 6.94. The first kappa shape index (κ1) is 22.7. The zero-order chi connectivity index (χ0) is 22.5. The zero-order valence-electron chi connectivity index (χ0n) is 16.7. The average Bonchev–Trinajstić information content (AvgIpc) is 2.79. The SMILES string of the molecule is CCOC(=O)C(c1ccccc1)N(S(=O)(=O)c1ccccc1)S(=O)(=O)c1ccccc1. The van der Waals surface area contributed by atoms with E-state index in [4.69, 9.17) is 4.74 Å². The summed E-state index contributed by atoms with van der Waals surface area (Å²) in [6, 6.07) is 20.3. The van der Waals surface area contributed by atoms with E-state index in [2.05, 4.69) is 0 Å². The highest BCUT2D eigenvalue weighted by atomic mass is 32.3. The van der Waals surface area contributed by atoms with Crippen LogP contribution in [0.1, 0.15) is 18.5 Å². The molecule has 3 rings (SSSR count). The van der Waals surface area contributed by atoms with E-state index in [1.165, 1.54) is 60.7 Å². The number of hydrogen-bond donors (Lipinski definition) is 0. The molecule has 1 atom stereocenters. The van der Waals surface area contributed by atoms with Crippen molar-refractivity contribution < 1.29 is 26.4 Å². The number of ether oxygens (including phenoxy) is 1. The van der Waals surface area contributed by atoms with E-state index in [1.807, 2.05) is 0 Å². The van der Waals surface area contributed by atoms with Crippen LogP contribution in [0.2, 0.25) is 0 Å². The maximum Gasteiger partial charge on any atom is 0.330 e. The lowest BCUT2D eigenvalue weighted by Gasteiger charge is -2.29. The van der Waals surface area contributed by atoms with Gasteiger partial charge in [-0.25, -0.2) is 21.6 Å². The fraction of sp³-hybridized carbons (Fsp3) is 0.136. The summed E-state index contributed by atoms with van der Waals surface area (Å²) >= 11 is 0. The molecule has 3 aromatic carbocycles. The van der Waals surface area contributed by atoms with Crippen LogP contribution < -0.4 is 0 Å². The fourth-order valence-electron chi connectivity index (χ4n) is 3.00. The van der Waals surface area contributed by atoms with Crippen molar-refractivity contribution in [3.8, 4) is 0 Å². The number of hydrogen-bond acceptors (Lipinski definition) is 6. The molecule has 0 N–H and O–H groups in total. The van der Waals surface area contributed by atoms with Gasteiger partial charge < -0.3 is 4.74 Å². The van der Waals surface area contributed by atoms with Crippen molar-refractivity contribution in [3.05, 3.63) is 96.6 Å². The van der Waals surface area contributed by atoms with E-state index >= 15 is 0 Å². The van der Waals surface area contributed by atoms with Crippen molar-refractivity contribution in [2.45, 2.75) is 22.8 Å². The molecule has 0 radical (unpaired) electrons. The average molecular weight is 460 g/mol. The van der Waals surface area contributed by atoms with Crippen molar-refractivity contribution in [2.24, 2.45) is 0 Å². The maximum atomic E-state index is 13.6. The van der Waals surface area contributed by atoms with Crippen molar-refractivity contribution >= 4 is 26.0 Å². The highest BCUT2D eigenvalue weighted by Crippen LogP contribution is 2.35. The van der Waals surface area contributed by atoms with Crippen LogP contribution in [0.3, 0.4) is 0 Å². The van der Waals surface area contributed by atoms with Crippen LogP contribution in [0.25, 0.3) is 0 Å². The van der Waals surface area contributed by atoms with Gasteiger partial charge in [-0.1, -0.05) is 70.4 Å². The Morgan fingerprint density at radius 1 is 0.742 bits per heavy atom. The lowest BCUT2D eigenvalue weighted by Crippen LogP contribution is -2.43. The van der Waals surface area contributed by atoms with Crippen LogP contribution in [0, 0.1) is 0 Å². The lowest BCUT2D eigenvalue weighted by molar-refractivity contribution is -0.146. The number of carbonyl (C=O) groups excluding carboxylic acids is 1. The second kappa shape index (κ2) is 9.42. The summed E-state index contributed by atoms with van der Waals surface area (Å²) in [5, 5.41) is 0. The Morgan fingerprint density at radius 2 is 1.13 bits per heavy atom. The molecular weight excluding hydrogens is 438 g/mol. The number of esters is 1. The molecule has 0 aromatic heterocycles. The summed E-state index contributed by atoms with van der Waals surface area (Å²) < 4.78 is 59.8. The smallest absolute Gasteiger partial charge is 0.330 e. The van der Waals surface area contributed by atoms with Gasteiger partial charge in [-0.15, -0.1) is 0 Å². The largest absolute Gasteiger partial charge is 0.465 e. The van der Waals surface area contributed by atoms with Gasteiger partial charge in [0, 0.05) is 0 Å². The van der Waals surface area contributed by atoms with Crippen LogP contribution in [0.4, 0.5) is 0 Å². The van der Waals surface area contributed by atoms with Crippen molar-refractivity contribution in [3.63, 3.8) is 0 Å². The molecule has 0 aliphatic heterocycles. The first-order chi connectivity index (χ1) is 14.8. The molecule has 0 bridgehead atoms. The molecule has 31 heavy (non-hydrogen) atoms. The third kappa shape index (κ3) is 4.68. The maximum absolute atomic E-state index is 13.6. The van der Waals surface area contributed by atoms with E-state index in [-0.39, 0.29) is 25.7 Å². The Bertz CT molecular complexity index is 1160. The second-order valence-electron chi connectivity index (χ2n) is 6.43. The predicted molar refractivity (Wildman–Crippen MR) is 115 cm³/mol. The number of sulfonamides is 2. The van der Waals surface area contributed by atoms with Gasteiger partial charge in [0.2, 0.25) is 0 Å². The molecular formula is C22H21NO6S2. The Kier molecular flexibility index (Phi) is 6.89. The summed E-state index contributed by atoms with van der Waals surface area (Å²) in [7, 11) is -9.35. The molecule has 0 saturated carbocycles. The molecule has 0 saturated heterocycles. The van der Waals surface area contributed by atoms with E-state index in [0.29, 0.717) is 0 Å². The van der Waals surface area contributed by atoms with Gasteiger partial charge >= 0.3 is 5.97 Å². The Balaban J connectivity index is 2.32. The first-order valence-corrected chi connectivity index (χ1v) is 12.3. The standard InChI is InChI=1S/C22H21NO6S2/c1-2-29-22(24)21(18-12-6-3-7-13-18)23(30(25,26)19-14-8-4-9-15-19)31(27,28)20-16-10-5-11-17-20/h3-17,21H,2H2,1H3. The van der Waals surface area contributed by atoms with Crippen molar-refractivity contribution in [2.75, 3.05) is 6.61 Å². The molecule has 0 spiro atoms. The number of carbonyl (C=O) groups is 1. The predicted octanol–water partition coefficient (Wildman–Crippen LogP) is 3.37. The van der Waals surface area contributed by atoms with Crippen LogP contribution in [0.15, 0.2) is 101 Å². The van der Waals surface area contributed by atoms with Crippen LogP contribution >= 0.6 is 0 Å². The van der Waals surface area contributed by atoms with Gasteiger partial charge in [0.1, 0.15) is 0 Å². The van der Waals surface area contributed by atoms with Crippen LogP contribution in [-0.4, -0.2) is 33.1 Å². The molecule has 0 aliphatic rings. The van der Waals surface area contributed by atoms with E-state index in [9.17, 15) is 21.6 Å².